The molecule has 3 heterocycles. The summed E-state index contributed by atoms with van der Waals surface area (Å²) >= 11 is 8.11. The Labute approximate surface area is 190 Å². The van der Waals surface area contributed by atoms with Crippen molar-refractivity contribution < 1.29 is 18.1 Å². The molecule has 0 aliphatic carbocycles. The van der Waals surface area contributed by atoms with Crippen LogP contribution in [0.2, 0.25) is 4.34 Å². The summed E-state index contributed by atoms with van der Waals surface area (Å²) in [4.78, 5) is 28.0. The third-order valence-electron chi connectivity index (χ3n) is 5.08. The van der Waals surface area contributed by atoms with Gasteiger partial charge in [-0.05, 0) is 31.0 Å². The Morgan fingerprint density at radius 3 is 2.74 bits per heavy atom. The maximum absolute atomic E-state index is 12.9. The van der Waals surface area contributed by atoms with Gasteiger partial charge < -0.3 is 4.57 Å². The van der Waals surface area contributed by atoms with Crippen LogP contribution in [-0.4, -0.2) is 41.2 Å². The number of non-ortho nitro benzene ring substituents is 1. The van der Waals surface area contributed by atoms with E-state index in [1.165, 1.54) is 39.9 Å². The summed E-state index contributed by atoms with van der Waals surface area (Å²) in [7, 11) is -2.03. The molecule has 0 N–H and O–H groups in total. The van der Waals surface area contributed by atoms with Crippen molar-refractivity contribution >= 4 is 66.1 Å². The van der Waals surface area contributed by atoms with Gasteiger partial charge in [0.2, 0.25) is 0 Å². The van der Waals surface area contributed by atoms with Crippen LogP contribution in [0.4, 0.5) is 5.69 Å². The average Bonchev–Trinajstić information content (AvgIpc) is 3.32. The predicted octanol–water partition coefficient (Wildman–Crippen LogP) is 3.39. The quantitative estimate of drug-likeness (QED) is 0.402. The lowest BCUT2D eigenvalue weighted by Crippen LogP contribution is -2.42. The molecule has 13 heteroatoms. The average molecular weight is 501 g/mol. The second kappa shape index (κ2) is 8.43. The summed E-state index contributed by atoms with van der Waals surface area (Å²) in [6.45, 7) is 0.391. The number of thiophene rings is 1. The van der Waals surface area contributed by atoms with Crippen molar-refractivity contribution in [2.24, 2.45) is 18.0 Å². The van der Waals surface area contributed by atoms with Gasteiger partial charge in [-0.1, -0.05) is 22.9 Å². The molecule has 9 nitrogen and oxygen atoms in total. The lowest BCUT2D eigenvalue weighted by Gasteiger charge is -2.29. The summed E-state index contributed by atoms with van der Waals surface area (Å²) in [6, 6.07) is 7.48. The molecule has 1 fully saturated rings. The van der Waals surface area contributed by atoms with Gasteiger partial charge in [0.25, 0.3) is 21.6 Å². The molecule has 0 bridgehead atoms. The van der Waals surface area contributed by atoms with Crippen molar-refractivity contribution in [2.75, 3.05) is 13.1 Å². The number of amides is 1. The number of halogens is 1. The zero-order chi connectivity index (χ0) is 22.3. The molecule has 1 aliphatic heterocycles. The normalized spacial score (nSPS) is 18.5. The van der Waals surface area contributed by atoms with Crippen LogP contribution in [0.15, 0.2) is 39.5 Å². The topological polar surface area (TPSA) is 115 Å². The highest BCUT2D eigenvalue weighted by atomic mass is 35.5. The summed E-state index contributed by atoms with van der Waals surface area (Å²) in [6.07, 6.45) is 1.09. The molecule has 1 atom stereocenters. The van der Waals surface area contributed by atoms with E-state index in [9.17, 15) is 23.3 Å². The SMILES string of the molecule is Cn1c(=NC(=O)C2CCCN(S(=O)(=O)c3ccc(Cl)s3)C2)sc2ccc([N+](=O)[O-])cc21. The number of hydrogen-bond donors (Lipinski definition) is 0. The minimum absolute atomic E-state index is 0.0411. The summed E-state index contributed by atoms with van der Waals surface area (Å²) in [5.74, 6) is -0.959. The number of nitro groups is 1. The van der Waals surface area contributed by atoms with Gasteiger partial charge in [0.1, 0.15) is 4.21 Å². The largest absolute Gasteiger partial charge is 0.319 e. The molecule has 164 valence electrons. The van der Waals surface area contributed by atoms with Crippen molar-refractivity contribution in [1.82, 2.24) is 8.87 Å². The molecule has 0 spiro atoms. The number of nitrogens with zero attached hydrogens (tertiary/aromatic N) is 4. The fourth-order valence-corrected chi connectivity index (χ4v) is 7.61. The van der Waals surface area contributed by atoms with Gasteiger partial charge in [-0.3, -0.25) is 14.9 Å². The van der Waals surface area contributed by atoms with E-state index in [1.807, 2.05) is 0 Å². The number of aromatic nitrogens is 1. The van der Waals surface area contributed by atoms with Crippen LogP contribution >= 0.6 is 34.3 Å². The van der Waals surface area contributed by atoms with Crippen LogP contribution in [0, 0.1) is 16.0 Å². The first kappa shape index (κ1) is 22.1. The second-order valence-corrected chi connectivity index (χ2v) is 12.0. The van der Waals surface area contributed by atoms with Gasteiger partial charge in [-0.15, -0.1) is 11.3 Å². The molecule has 3 aromatic rings. The molecule has 2 aromatic heterocycles. The Balaban J connectivity index is 1.60. The van der Waals surface area contributed by atoms with Gasteiger partial charge in [-0.2, -0.15) is 9.30 Å². The Morgan fingerprint density at radius 2 is 2.06 bits per heavy atom. The molecule has 4 rings (SSSR count). The van der Waals surface area contributed by atoms with Crippen LogP contribution < -0.4 is 4.80 Å². The van der Waals surface area contributed by atoms with Crippen molar-refractivity contribution in [2.45, 2.75) is 17.1 Å². The number of nitro benzene ring substituents is 1. The zero-order valence-electron chi connectivity index (χ0n) is 16.2. The Bertz CT molecular complexity index is 1360. The molecule has 1 aromatic carbocycles. The van der Waals surface area contributed by atoms with E-state index in [4.69, 9.17) is 11.6 Å². The first-order valence-corrected chi connectivity index (χ1v) is 12.7. The number of carbonyl (C=O) groups is 1. The fourth-order valence-electron chi connectivity index (χ4n) is 3.45. The highest BCUT2D eigenvalue weighted by molar-refractivity contribution is 7.91. The van der Waals surface area contributed by atoms with Crippen LogP contribution in [0.3, 0.4) is 0 Å². The molecule has 1 saturated heterocycles. The summed E-state index contributed by atoms with van der Waals surface area (Å²) in [5, 5.41) is 11.0. The number of sulfonamides is 1. The van der Waals surface area contributed by atoms with E-state index in [2.05, 4.69) is 4.99 Å². The van der Waals surface area contributed by atoms with Gasteiger partial charge >= 0.3 is 0 Å². The van der Waals surface area contributed by atoms with Crippen LogP contribution in [-0.2, 0) is 21.9 Å². The lowest BCUT2D eigenvalue weighted by molar-refractivity contribution is -0.384. The minimum atomic E-state index is -3.72. The smallest absolute Gasteiger partial charge is 0.271 e. The monoisotopic (exact) mass is 500 g/mol. The van der Waals surface area contributed by atoms with Gasteiger partial charge in [0.05, 0.1) is 25.4 Å². The third-order valence-corrected chi connectivity index (χ3v) is 9.76. The Kier molecular flexibility index (Phi) is 6.01. The maximum atomic E-state index is 12.9. The highest BCUT2D eigenvalue weighted by Gasteiger charge is 2.34. The molecule has 31 heavy (non-hydrogen) atoms. The van der Waals surface area contributed by atoms with Crippen LogP contribution in [0.25, 0.3) is 10.2 Å². The number of piperidine rings is 1. The second-order valence-electron chi connectivity index (χ2n) is 7.06. The summed E-state index contributed by atoms with van der Waals surface area (Å²) < 4.78 is 30.0. The van der Waals surface area contributed by atoms with Crippen molar-refractivity contribution in [3.8, 4) is 0 Å². The van der Waals surface area contributed by atoms with Crippen molar-refractivity contribution in [3.05, 3.63) is 49.6 Å². The van der Waals surface area contributed by atoms with Gasteiger partial charge in [-0.25, -0.2) is 8.42 Å². The maximum Gasteiger partial charge on any atom is 0.271 e. The van der Waals surface area contributed by atoms with E-state index in [0.717, 1.165) is 16.0 Å². The number of fused-ring (bicyclic) bond motifs is 1. The Hall–Kier alpha value is -2.12. The van der Waals surface area contributed by atoms with Crippen molar-refractivity contribution in [1.29, 1.82) is 0 Å². The molecule has 1 aliphatic rings. The van der Waals surface area contributed by atoms with E-state index >= 15 is 0 Å². The molecule has 1 unspecified atom stereocenters. The molecule has 1 amide bonds. The van der Waals surface area contributed by atoms with Crippen molar-refractivity contribution in [3.63, 3.8) is 0 Å². The Morgan fingerprint density at radius 1 is 1.29 bits per heavy atom. The minimum Gasteiger partial charge on any atom is -0.319 e. The molecular formula is C18H17ClN4O5S3. The van der Waals surface area contributed by atoms with Crippen LogP contribution in [0.5, 0.6) is 0 Å². The third kappa shape index (κ3) is 4.30. The highest BCUT2D eigenvalue weighted by Crippen LogP contribution is 2.31. The number of rotatable bonds is 4. The number of benzene rings is 1. The van der Waals surface area contributed by atoms with Gasteiger partial charge in [0, 0.05) is 32.3 Å². The first-order valence-electron chi connectivity index (χ1n) is 9.25. The molecule has 0 saturated carbocycles. The fraction of sp³-hybridized carbons (Fsp3) is 0.333. The standard InChI is InChI=1S/C18H17ClN4O5S3/c1-21-13-9-12(23(25)26)4-5-14(13)29-18(21)20-17(24)11-3-2-8-22(10-11)31(27,28)16-7-6-15(19)30-16/h4-7,9,11H,2-3,8,10H2,1H3. The number of thiazole rings is 1. The number of aryl methyl sites for hydroxylation is 1. The number of carbonyl (C=O) groups excluding carboxylic acids is 1. The summed E-state index contributed by atoms with van der Waals surface area (Å²) in [5.41, 5.74) is 0.564. The van der Waals surface area contributed by atoms with E-state index in [-0.39, 0.29) is 16.4 Å². The molecule has 0 radical (unpaired) electrons. The lowest BCUT2D eigenvalue weighted by atomic mass is 9.99. The van der Waals surface area contributed by atoms with Gasteiger partial charge in [0.15, 0.2) is 4.80 Å². The van der Waals surface area contributed by atoms with Crippen LogP contribution in [0.1, 0.15) is 12.8 Å². The van der Waals surface area contributed by atoms with E-state index < -0.39 is 26.8 Å². The van der Waals surface area contributed by atoms with E-state index in [1.54, 1.807) is 17.7 Å². The first-order chi connectivity index (χ1) is 14.7. The molecular weight excluding hydrogens is 484 g/mol. The zero-order valence-corrected chi connectivity index (χ0v) is 19.4. The number of hydrogen-bond acceptors (Lipinski definition) is 7. The van der Waals surface area contributed by atoms with E-state index in [0.29, 0.717) is 34.0 Å². The predicted molar refractivity (Wildman–Crippen MR) is 119 cm³/mol.